The fourth-order valence-electron chi connectivity index (χ4n) is 5.70. The van der Waals surface area contributed by atoms with Crippen molar-refractivity contribution in [3.8, 4) is 0 Å². The number of alkyl halides is 3. The van der Waals surface area contributed by atoms with Crippen LogP contribution in [-0.4, -0.2) is 39.9 Å². The Morgan fingerprint density at radius 2 is 1.97 bits per heavy atom. The van der Waals surface area contributed by atoms with Gasteiger partial charge >= 0.3 is 6.18 Å². The number of carbonyl (C=O) groups is 1. The van der Waals surface area contributed by atoms with Gasteiger partial charge in [-0.3, -0.25) is 4.79 Å². The second kappa shape index (κ2) is 8.66. The molecule has 1 amide bonds. The molecule has 2 fully saturated rings. The minimum atomic E-state index is -4.55. The summed E-state index contributed by atoms with van der Waals surface area (Å²) in [6, 6.07) is 10.6. The lowest BCUT2D eigenvalue weighted by Crippen LogP contribution is -2.48. The number of nitrogens with zero attached hydrogens (tertiary/aromatic N) is 4. The van der Waals surface area contributed by atoms with Gasteiger partial charge in [-0.2, -0.15) is 13.2 Å². The number of anilines is 1. The smallest absolute Gasteiger partial charge is 0.381 e. The number of nitrogens with one attached hydrogen (secondary N) is 1. The number of benzene rings is 2. The number of amides is 1. The molecule has 194 valence electrons. The Labute approximate surface area is 212 Å². The normalized spacial score (nSPS) is 23.3. The summed E-state index contributed by atoms with van der Waals surface area (Å²) in [6.07, 6.45) is 0.619. The molecule has 2 heterocycles. The van der Waals surface area contributed by atoms with E-state index in [1.807, 2.05) is 29.8 Å². The Balaban J connectivity index is 1.35. The summed E-state index contributed by atoms with van der Waals surface area (Å²) in [5, 5.41) is 11.7. The number of hydrogen-bond acceptors (Lipinski definition) is 5. The van der Waals surface area contributed by atoms with Gasteiger partial charge in [0.25, 0.3) is 5.91 Å². The fraction of sp³-hybridized carbons (Fsp3) is 0.444. The molecule has 2 saturated carbocycles. The predicted molar refractivity (Wildman–Crippen MR) is 130 cm³/mol. The zero-order chi connectivity index (χ0) is 25.9. The van der Waals surface area contributed by atoms with Crippen LogP contribution in [0.25, 0.3) is 0 Å². The van der Waals surface area contributed by atoms with Crippen LogP contribution in [0.15, 0.2) is 42.7 Å². The average molecular weight is 512 g/mol. The Morgan fingerprint density at radius 1 is 1.19 bits per heavy atom. The van der Waals surface area contributed by atoms with Gasteiger partial charge in [0.05, 0.1) is 23.6 Å². The van der Waals surface area contributed by atoms with E-state index in [0.29, 0.717) is 36.7 Å². The van der Waals surface area contributed by atoms with Crippen LogP contribution in [0.4, 0.5) is 18.9 Å². The quantitative estimate of drug-likeness (QED) is 0.511. The first-order valence-electron chi connectivity index (χ1n) is 12.5. The third-order valence-electron chi connectivity index (χ3n) is 7.91. The second-order valence-corrected chi connectivity index (χ2v) is 10.4. The van der Waals surface area contributed by atoms with Crippen LogP contribution >= 0.6 is 0 Å². The second-order valence-electron chi connectivity index (χ2n) is 10.4. The van der Waals surface area contributed by atoms with Gasteiger partial charge in [0, 0.05) is 38.0 Å². The summed E-state index contributed by atoms with van der Waals surface area (Å²) in [7, 11) is 3.56. The summed E-state index contributed by atoms with van der Waals surface area (Å²) in [6.45, 7) is 0.186. The summed E-state index contributed by atoms with van der Waals surface area (Å²) in [5.74, 6) is 0.378. The third kappa shape index (κ3) is 4.12. The molecule has 1 aliphatic heterocycles. The van der Waals surface area contributed by atoms with Gasteiger partial charge in [0.1, 0.15) is 12.2 Å². The van der Waals surface area contributed by atoms with E-state index >= 15 is 0 Å². The monoisotopic (exact) mass is 511 g/mol. The van der Waals surface area contributed by atoms with Crippen molar-refractivity contribution in [3.63, 3.8) is 0 Å². The zero-order valence-electron chi connectivity index (χ0n) is 20.7. The maximum atomic E-state index is 14.1. The highest BCUT2D eigenvalue weighted by Crippen LogP contribution is 2.50. The molecule has 3 aromatic rings. The van der Waals surface area contributed by atoms with Crippen molar-refractivity contribution in [1.29, 1.82) is 0 Å². The SMILES string of the molecule is CO[C@H]1C[C@](c2cccc(N3Cc4c(cc(CNC5CC5)cc4C(F)(F)F)C3=O)c2)(c2nncn2C)C1. The molecule has 1 aromatic heterocycles. The highest BCUT2D eigenvalue weighted by atomic mass is 19.4. The largest absolute Gasteiger partial charge is 0.416 e. The molecule has 0 radical (unpaired) electrons. The van der Waals surface area contributed by atoms with Crippen LogP contribution in [-0.2, 0) is 36.5 Å². The fourth-order valence-corrected chi connectivity index (χ4v) is 5.70. The molecule has 10 heteroatoms. The molecule has 2 aliphatic carbocycles. The number of carbonyl (C=O) groups excluding carboxylic acids is 1. The van der Waals surface area contributed by atoms with E-state index in [1.165, 1.54) is 11.0 Å². The van der Waals surface area contributed by atoms with Gasteiger partial charge < -0.3 is 19.5 Å². The topological polar surface area (TPSA) is 72.3 Å². The van der Waals surface area contributed by atoms with E-state index in [4.69, 9.17) is 4.74 Å². The van der Waals surface area contributed by atoms with Crippen LogP contribution in [0, 0.1) is 0 Å². The summed E-state index contributed by atoms with van der Waals surface area (Å²) in [4.78, 5) is 14.9. The Bertz CT molecular complexity index is 1360. The third-order valence-corrected chi connectivity index (χ3v) is 7.91. The molecule has 0 saturated heterocycles. The summed E-state index contributed by atoms with van der Waals surface area (Å²) in [5.41, 5.74) is 0.944. The number of fused-ring (bicyclic) bond motifs is 1. The Kier molecular flexibility index (Phi) is 5.65. The van der Waals surface area contributed by atoms with Crippen LogP contribution in [0.2, 0.25) is 0 Å². The van der Waals surface area contributed by atoms with Crippen molar-refractivity contribution in [2.24, 2.45) is 7.05 Å². The molecule has 0 unspecified atom stereocenters. The molecule has 0 atom stereocenters. The molecular formula is C27H28F3N5O2. The van der Waals surface area contributed by atoms with Gasteiger partial charge in [0.2, 0.25) is 0 Å². The van der Waals surface area contributed by atoms with Crippen LogP contribution in [0.1, 0.15) is 64.1 Å². The molecule has 1 N–H and O–H groups in total. The molecule has 3 aliphatic rings. The standard InChI is InChI=1S/C27H28F3N5O2/c1-34-15-32-33-25(34)26(11-20(12-26)37-2)17-4-3-5-19(10-17)35-14-22-21(24(35)36)8-16(13-31-18-6-7-18)9-23(22)27(28,29)30/h3-5,8-10,15,18,20,31H,6-7,11-14H2,1-2H3/t20-,26-. The minimum absolute atomic E-state index is 0.0316. The van der Waals surface area contributed by atoms with Crippen molar-refractivity contribution in [3.05, 3.63) is 76.4 Å². The maximum absolute atomic E-state index is 14.1. The number of aryl methyl sites for hydroxylation is 1. The molecule has 6 rings (SSSR count). The molecular weight excluding hydrogens is 483 g/mol. The Morgan fingerprint density at radius 3 is 2.62 bits per heavy atom. The van der Waals surface area contributed by atoms with E-state index in [2.05, 4.69) is 15.5 Å². The van der Waals surface area contributed by atoms with Crippen LogP contribution in [0.3, 0.4) is 0 Å². The first-order valence-corrected chi connectivity index (χ1v) is 12.5. The lowest BCUT2D eigenvalue weighted by atomic mass is 9.62. The molecule has 0 spiro atoms. The zero-order valence-corrected chi connectivity index (χ0v) is 20.7. The molecule has 37 heavy (non-hydrogen) atoms. The summed E-state index contributed by atoms with van der Waals surface area (Å²) >= 11 is 0. The Hall–Kier alpha value is -3.24. The van der Waals surface area contributed by atoms with Gasteiger partial charge in [-0.25, -0.2) is 0 Å². The molecule has 2 aromatic carbocycles. The minimum Gasteiger partial charge on any atom is -0.381 e. The number of methoxy groups -OCH3 is 1. The van der Waals surface area contributed by atoms with Crippen molar-refractivity contribution in [1.82, 2.24) is 20.1 Å². The van der Waals surface area contributed by atoms with Crippen molar-refractivity contribution >= 4 is 11.6 Å². The molecule has 0 bridgehead atoms. The number of hydrogen-bond donors (Lipinski definition) is 1. The van der Waals surface area contributed by atoms with Crippen molar-refractivity contribution in [2.45, 2.75) is 62.5 Å². The van der Waals surface area contributed by atoms with E-state index in [1.54, 1.807) is 25.6 Å². The van der Waals surface area contributed by atoms with Crippen LogP contribution < -0.4 is 10.2 Å². The van der Waals surface area contributed by atoms with Gasteiger partial charge in [0.15, 0.2) is 0 Å². The number of halogens is 3. The lowest BCUT2D eigenvalue weighted by molar-refractivity contribution is -0.138. The number of rotatable bonds is 7. The first-order chi connectivity index (χ1) is 17.7. The average Bonchev–Trinajstić information content (AvgIpc) is 3.50. The summed E-state index contributed by atoms with van der Waals surface area (Å²) < 4.78 is 49.6. The number of aromatic nitrogens is 3. The van der Waals surface area contributed by atoms with Gasteiger partial charge in [-0.15, -0.1) is 10.2 Å². The van der Waals surface area contributed by atoms with E-state index in [9.17, 15) is 18.0 Å². The van der Waals surface area contributed by atoms with Crippen molar-refractivity contribution < 1.29 is 22.7 Å². The molecule has 7 nitrogen and oxygen atoms in total. The predicted octanol–water partition coefficient (Wildman–Crippen LogP) is 4.34. The van der Waals surface area contributed by atoms with E-state index in [0.717, 1.165) is 24.2 Å². The highest BCUT2D eigenvalue weighted by molar-refractivity contribution is 6.10. The van der Waals surface area contributed by atoms with Gasteiger partial charge in [-0.1, -0.05) is 12.1 Å². The number of ether oxygens (including phenoxy) is 1. The van der Waals surface area contributed by atoms with E-state index in [-0.39, 0.29) is 23.8 Å². The van der Waals surface area contributed by atoms with Crippen LogP contribution in [0.5, 0.6) is 0 Å². The lowest BCUT2D eigenvalue weighted by Gasteiger charge is -2.46. The first kappa shape index (κ1) is 24.1. The maximum Gasteiger partial charge on any atom is 0.416 e. The van der Waals surface area contributed by atoms with E-state index < -0.39 is 23.1 Å². The van der Waals surface area contributed by atoms with Gasteiger partial charge in [-0.05, 0) is 66.6 Å². The van der Waals surface area contributed by atoms with Crippen molar-refractivity contribution in [2.75, 3.05) is 12.0 Å². The highest BCUT2D eigenvalue weighted by Gasteiger charge is 2.50.